The fraction of sp³-hybridized carbons (Fsp3) is 0.571. The molecule has 4 N–H and O–H groups in total. The van der Waals surface area contributed by atoms with E-state index in [0.29, 0.717) is 0 Å². The summed E-state index contributed by atoms with van der Waals surface area (Å²) in [6, 6.07) is 0. The summed E-state index contributed by atoms with van der Waals surface area (Å²) in [7, 11) is 0. The Bertz CT molecular complexity index is 880. The topological polar surface area (TPSA) is 97.4 Å². The molecule has 1 aliphatic rings. The third-order valence-corrected chi connectivity index (χ3v) is 5.23. The van der Waals surface area contributed by atoms with E-state index in [4.69, 9.17) is 5.73 Å². The number of aryl methyl sites for hydroxylation is 1. The molecule has 28 heavy (non-hydrogen) atoms. The Morgan fingerprint density at radius 3 is 2.93 bits per heavy atom. The van der Waals surface area contributed by atoms with Crippen LogP contribution in [0, 0.1) is 5.92 Å². The van der Waals surface area contributed by atoms with Gasteiger partial charge < -0.3 is 11.1 Å². The Morgan fingerprint density at radius 2 is 2.18 bits per heavy atom. The van der Waals surface area contributed by atoms with Crippen molar-refractivity contribution in [3.63, 3.8) is 0 Å². The lowest BCUT2D eigenvalue weighted by molar-refractivity contribution is 0.332. The number of hydrogen-bond acceptors (Lipinski definition) is 5. The number of rotatable bonds is 8. The van der Waals surface area contributed by atoms with Crippen molar-refractivity contribution < 1.29 is 0 Å². The number of aromatic nitrogens is 5. The first-order chi connectivity index (χ1) is 13.7. The molecule has 3 rings (SSSR count). The van der Waals surface area contributed by atoms with Gasteiger partial charge in [-0.1, -0.05) is 24.6 Å². The number of hydrogen-bond donors (Lipinski definition) is 3. The second-order valence-electron chi connectivity index (χ2n) is 7.75. The van der Waals surface area contributed by atoms with Crippen molar-refractivity contribution in [3.05, 3.63) is 40.4 Å². The van der Waals surface area contributed by atoms with Crippen LogP contribution in [0.3, 0.4) is 0 Å². The maximum absolute atomic E-state index is 5.98. The van der Waals surface area contributed by atoms with E-state index in [1.807, 2.05) is 19.2 Å². The highest BCUT2D eigenvalue weighted by molar-refractivity contribution is 5.59. The van der Waals surface area contributed by atoms with Gasteiger partial charge in [0, 0.05) is 24.9 Å². The van der Waals surface area contributed by atoms with Gasteiger partial charge in [0.15, 0.2) is 0 Å². The second kappa shape index (κ2) is 10.2. The summed E-state index contributed by atoms with van der Waals surface area (Å²) < 4.78 is 2.07. The molecule has 0 saturated carbocycles. The Kier molecular flexibility index (Phi) is 7.42. The summed E-state index contributed by atoms with van der Waals surface area (Å²) in [4.78, 5) is 0. The first kappa shape index (κ1) is 20.3. The van der Waals surface area contributed by atoms with Crippen LogP contribution in [0.4, 0.5) is 0 Å². The minimum atomic E-state index is 0.737. The quantitative estimate of drug-likeness (QED) is 0.637. The summed E-state index contributed by atoms with van der Waals surface area (Å²) in [6.07, 6.45) is 14.8. The zero-order chi connectivity index (χ0) is 19.8. The lowest BCUT2D eigenvalue weighted by Crippen LogP contribution is -2.28. The van der Waals surface area contributed by atoms with Crippen LogP contribution >= 0.6 is 0 Å². The van der Waals surface area contributed by atoms with Crippen molar-refractivity contribution in [1.82, 2.24) is 30.5 Å². The molecule has 0 unspecified atom stereocenters. The monoisotopic (exact) mass is 383 g/mol. The van der Waals surface area contributed by atoms with Crippen molar-refractivity contribution in [2.24, 2.45) is 11.7 Å². The number of nitrogens with two attached hydrogens (primary N) is 1. The van der Waals surface area contributed by atoms with E-state index >= 15 is 0 Å². The average Bonchev–Trinajstić information content (AvgIpc) is 3.34. The number of aromatic amines is 1. The predicted octanol–water partition coefficient (Wildman–Crippen LogP) is 1.23. The van der Waals surface area contributed by atoms with Crippen LogP contribution in [-0.2, 0) is 13.0 Å². The first-order valence-corrected chi connectivity index (χ1v) is 10.4. The minimum absolute atomic E-state index is 0.737. The number of unbranched alkanes of at least 4 members (excludes halogenated alkanes) is 1. The van der Waals surface area contributed by atoms with E-state index in [0.717, 1.165) is 66.8 Å². The Hall–Kier alpha value is -2.41. The second-order valence-corrected chi connectivity index (χ2v) is 7.75. The molecule has 2 aromatic rings. The van der Waals surface area contributed by atoms with Gasteiger partial charge in [0.2, 0.25) is 0 Å². The van der Waals surface area contributed by atoms with Crippen molar-refractivity contribution >= 4 is 11.6 Å². The van der Waals surface area contributed by atoms with Gasteiger partial charge in [0.25, 0.3) is 0 Å². The van der Waals surface area contributed by atoms with Gasteiger partial charge in [0.1, 0.15) is 5.35 Å². The molecule has 152 valence electrons. The lowest BCUT2D eigenvalue weighted by Gasteiger charge is -2.22. The van der Waals surface area contributed by atoms with Crippen molar-refractivity contribution in [2.45, 2.75) is 58.9 Å². The highest BCUT2D eigenvalue weighted by Gasteiger charge is 2.13. The van der Waals surface area contributed by atoms with E-state index in [1.54, 1.807) is 0 Å². The molecule has 1 fully saturated rings. The molecule has 7 heteroatoms. The zero-order valence-corrected chi connectivity index (χ0v) is 17.1. The van der Waals surface area contributed by atoms with Gasteiger partial charge in [0.05, 0.1) is 11.5 Å². The third-order valence-electron chi connectivity index (χ3n) is 5.23. The van der Waals surface area contributed by atoms with Crippen LogP contribution in [0.2, 0.25) is 0 Å². The van der Waals surface area contributed by atoms with Crippen LogP contribution in [0.15, 0.2) is 24.2 Å². The van der Waals surface area contributed by atoms with Gasteiger partial charge in [-0.15, -0.1) is 5.10 Å². The number of allylic oxidation sites excluding steroid dienone is 2. The summed E-state index contributed by atoms with van der Waals surface area (Å²) in [5.74, 6) is 0.811. The van der Waals surface area contributed by atoms with Crippen LogP contribution in [-0.4, -0.2) is 38.3 Å². The van der Waals surface area contributed by atoms with Crippen molar-refractivity contribution in [3.8, 4) is 0 Å². The first-order valence-electron chi connectivity index (χ1n) is 10.4. The van der Waals surface area contributed by atoms with E-state index < -0.39 is 0 Å². The molecule has 3 heterocycles. The summed E-state index contributed by atoms with van der Waals surface area (Å²) >= 11 is 0. The molecule has 0 aromatic carbocycles. The SMILES string of the molecule is CCC\C=c1/[nH]nn/c1=C(/C=C(\C)N)Cc1cnn(CCC2CCNCC2)c1. The molecule has 0 spiro atoms. The van der Waals surface area contributed by atoms with Crippen LogP contribution in [0.5, 0.6) is 0 Å². The number of H-pyrrole nitrogens is 1. The minimum Gasteiger partial charge on any atom is -0.402 e. The zero-order valence-electron chi connectivity index (χ0n) is 17.1. The van der Waals surface area contributed by atoms with Gasteiger partial charge in [-0.25, -0.2) is 0 Å². The summed E-state index contributed by atoms with van der Waals surface area (Å²) in [5, 5.41) is 21.2. The summed E-state index contributed by atoms with van der Waals surface area (Å²) in [6.45, 7) is 7.33. The Balaban J connectivity index is 1.76. The standard InChI is InChI=1S/C21H33N7/c1-3-4-5-20-21(26-27-25-20)19(12-16(2)22)13-18-14-24-28(15-18)11-8-17-6-9-23-10-7-17/h5,12,14-15,17,23H,3-4,6-11,13,22H2,1-2H3,(H,25,26)/b16-12+,20-5-,21-19-. The average molecular weight is 384 g/mol. The fourth-order valence-corrected chi connectivity index (χ4v) is 3.71. The van der Waals surface area contributed by atoms with Crippen LogP contribution in [0.1, 0.15) is 51.5 Å². The summed E-state index contributed by atoms with van der Waals surface area (Å²) in [5.41, 5.74) is 8.98. The van der Waals surface area contributed by atoms with Crippen LogP contribution < -0.4 is 21.7 Å². The molecule has 2 aromatic heterocycles. The fourth-order valence-electron chi connectivity index (χ4n) is 3.71. The van der Waals surface area contributed by atoms with Crippen LogP contribution in [0.25, 0.3) is 11.6 Å². The number of piperidine rings is 1. The molecule has 0 aliphatic carbocycles. The molecular weight excluding hydrogens is 350 g/mol. The van der Waals surface area contributed by atoms with E-state index in [1.165, 1.54) is 24.8 Å². The lowest BCUT2D eigenvalue weighted by atomic mass is 9.95. The predicted molar refractivity (Wildman–Crippen MR) is 112 cm³/mol. The molecule has 0 atom stereocenters. The Labute approximate surface area is 166 Å². The smallest absolute Gasteiger partial charge is 0.116 e. The maximum atomic E-state index is 5.98. The van der Waals surface area contributed by atoms with Crippen molar-refractivity contribution in [1.29, 1.82) is 0 Å². The maximum Gasteiger partial charge on any atom is 0.116 e. The molecule has 1 saturated heterocycles. The molecule has 0 bridgehead atoms. The van der Waals surface area contributed by atoms with E-state index in [-0.39, 0.29) is 0 Å². The van der Waals surface area contributed by atoms with Gasteiger partial charge in [-0.2, -0.15) is 5.10 Å². The van der Waals surface area contributed by atoms with Gasteiger partial charge in [-0.05, 0) is 68.8 Å². The number of nitrogens with one attached hydrogen (secondary N) is 2. The molecule has 0 amide bonds. The van der Waals surface area contributed by atoms with E-state index in [9.17, 15) is 0 Å². The largest absolute Gasteiger partial charge is 0.402 e. The molecule has 1 aliphatic heterocycles. The van der Waals surface area contributed by atoms with Gasteiger partial charge in [-0.3, -0.25) is 9.78 Å². The normalized spacial score (nSPS) is 17.9. The molecule has 0 radical (unpaired) electrons. The van der Waals surface area contributed by atoms with Crippen molar-refractivity contribution in [2.75, 3.05) is 13.1 Å². The van der Waals surface area contributed by atoms with Gasteiger partial charge >= 0.3 is 0 Å². The highest BCUT2D eigenvalue weighted by atomic mass is 15.3. The highest BCUT2D eigenvalue weighted by Crippen LogP contribution is 2.17. The Morgan fingerprint density at radius 1 is 1.36 bits per heavy atom. The third kappa shape index (κ3) is 5.79. The number of nitrogens with zero attached hydrogens (tertiary/aromatic N) is 4. The van der Waals surface area contributed by atoms with E-state index in [2.05, 4.69) is 49.7 Å². The molecular formula is C21H33N7. The molecule has 7 nitrogen and oxygen atoms in total.